The van der Waals surface area contributed by atoms with Crippen LogP contribution in [0.25, 0.3) is 28.0 Å². The number of amides is 1. The van der Waals surface area contributed by atoms with Gasteiger partial charge in [0.1, 0.15) is 18.1 Å². The van der Waals surface area contributed by atoms with E-state index in [2.05, 4.69) is 15.6 Å². The predicted octanol–water partition coefficient (Wildman–Crippen LogP) is 6.41. The van der Waals surface area contributed by atoms with E-state index in [9.17, 15) is 13.6 Å². The first-order chi connectivity index (χ1) is 18.8. The van der Waals surface area contributed by atoms with Gasteiger partial charge in [0.2, 0.25) is 5.95 Å². The normalized spacial score (nSPS) is 11.4. The third kappa shape index (κ3) is 5.96. The number of hydrogen-bond acceptors (Lipinski definition) is 6. The lowest BCUT2D eigenvalue weighted by atomic mass is 10.0. The maximum Gasteiger partial charge on any atom is 0.322 e. The van der Waals surface area contributed by atoms with Crippen LogP contribution in [0.4, 0.5) is 26.1 Å². The molecule has 5 aromatic rings. The van der Waals surface area contributed by atoms with Crippen LogP contribution in [0.3, 0.4) is 0 Å². The summed E-state index contributed by atoms with van der Waals surface area (Å²) in [7, 11) is 0. The maximum absolute atomic E-state index is 13.5. The van der Waals surface area contributed by atoms with E-state index in [0.717, 1.165) is 11.2 Å². The molecule has 198 valence electrons. The Labute approximate surface area is 227 Å². The SMILES string of the molecule is CC(F)(F)C(=O)Nc1cccc(-c2nn3ccccc3c2-c2ccnc(Nc3cccc(OCCCl)c3)n2)c1. The van der Waals surface area contributed by atoms with Crippen molar-refractivity contribution in [3.63, 3.8) is 0 Å². The summed E-state index contributed by atoms with van der Waals surface area (Å²) in [5, 5.41) is 10.2. The monoisotopic (exact) mass is 548 g/mol. The number of nitrogens with one attached hydrogen (secondary N) is 2. The highest BCUT2D eigenvalue weighted by molar-refractivity contribution is 6.18. The second kappa shape index (κ2) is 11.0. The lowest BCUT2D eigenvalue weighted by Gasteiger charge is -2.12. The van der Waals surface area contributed by atoms with Crippen LogP contribution in [0.1, 0.15) is 6.92 Å². The summed E-state index contributed by atoms with van der Waals surface area (Å²) in [4.78, 5) is 20.9. The van der Waals surface area contributed by atoms with E-state index < -0.39 is 11.8 Å². The zero-order chi connectivity index (χ0) is 27.4. The average molecular weight is 549 g/mol. The van der Waals surface area contributed by atoms with E-state index in [-0.39, 0.29) is 5.69 Å². The molecule has 0 saturated heterocycles. The standard InChI is InChI=1S/C28H23ClF2N6O2/c1-28(30,31)26(38)33-19-7-4-6-18(16-19)25-24(23-10-2-3-14-37(23)36-25)22-11-13-32-27(35-22)34-20-8-5-9-21(17-20)39-15-12-29/h2-11,13-14,16-17H,12,15H2,1H3,(H,33,38)(H,32,34,35). The van der Waals surface area contributed by atoms with Gasteiger partial charge in [-0.15, -0.1) is 11.6 Å². The van der Waals surface area contributed by atoms with Crippen LogP contribution in [-0.4, -0.2) is 43.9 Å². The molecular weight excluding hydrogens is 526 g/mol. The lowest BCUT2D eigenvalue weighted by Crippen LogP contribution is -2.31. The number of halogens is 3. The molecule has 0 aliphatic carbocycles. The highest BCUT2D eigenvalue weighted by Gasteiger charge is 2.32. The number of anilines is 3. The van der Waals surface area contributed by atoms with Crippen LogP contribution in [0.5, 0.6) is 5.75 Å². The fourth-order valence-corrected chi connectivity index (χ4v) is 4.02. The molecule has 3 aromatic heterocycles. The molecule has 3 heterocycles. The van der Waals surface area contributed by atoms with Crippen LogP contribution < -0.4 is 15.4 Å². The van der Waals surface area contributed by atoms with Gasteiger partial charge in [-0.25, -0.2) is 14.5 Å². The summed E-state index contributed by atoms with van der Waals surface area (Å²) < 4.78 is 34.2. The molecule has 1 amide bonds. The van der Waals surface area contributed by atoms with Crippen LogP contribution >= 0.6 is 11.6 Å². The third-order valence-electron chi connectivity index (χ3n) is 5.68. The first-order valence-electron chi connectivity index (χ1n) is 12.0. The van der Waals surface area contributed by atoms with E-state index in [4.69, 9.17) is 26.4 Å². The van der Waals surface area contributed by atoms with E-state index in [1.54, 1.807) is 47.2 Å². The van der Waals surface area contributed by atoms with Crippen molar-refractivity contribution in [3.05, 3.63) is 85.2 Å². The Balaban J connectivity index is 1.52. The van der Waals surface area contributed by atoms with Gasteiger partial charge in [0, 0.05) is 42.3 Å². The number of alkyl halides is 3. The van der Waals surface area contributed by atoms with Crippen molar-refractivity contribution in [2.24, 2.45) is 0 Å². The number of carbonyl (C=O) groups is 1. The Kier molecular flexibility index (Phi) is 7.38. The number of aromatic nitrogens is 4. The smallest absolute Gasteiger partial charge is 0.322 e. The molecule has 0 spiro atoms. The minimum Gasteiger partial charge on any atom is -0.492 e. The molecule has 39 heavy (non-hydrogen) atoms. The molecule has 0 fully saturated rings. The summed E-state index contributed by atoms with van der Waals surface area (Å²) in [6.45, 7) is 0.941. The van der Waals surface area contributed by atoms with Gasteiger partial charge < -0.3 is 15.4 Å². The van der Waals surface area contributed by atoms with Crippen LogP contribution in [-0.2, 0) is 4.79 Å². The van der Waals surface area contributed by atoms with Gasteiger partial charge in [-0.2, -0.15) is 13.9 Å². The van der Waals surface area contributed by atoms with Crippen LogP contribution in [0, 0.1) is 0 Å². The molecule has 2 N–H and O–H groups in total. The first-order valence-corrected chi connectivity index (χ1v) is 12.5. The van der Waals surface area contributed by atoms with E-state index in [1.165, 1.54) is 0 Å². The van der Waals surface area contributed by atoms with Crippen molar-refractivity contribution in [2.45, 2.75) is 12.8 Å². The Hall–Kier alpha value is -4.57. The van der Waals surface area contributed by atoms with Gasteiger partial charge >= 0.3 is 5.92 Å². The molecular formula is C28H23ClF2N6O2. The van der Waals surface area contributed by atoms with Gasteiger partial charge in [-0.05, 0) is 42.5 Å². The third-order valence-corrected chi connectivity index (χ3v) is 5.83. The van der Waals surface area contributed by atoms with Crippen molar-refractivity contribution < 1.29 is 18.3 Å². The fraction of sp³-hybridized carbons (Fsp3) is 0.143. The van der Waals surface area contributed by atoms with Gasteiger partial charge in [0.05, 0.1) is 22.7 Å². The van der Waals surface area contributed by atoms with Crippen molar-refractivity contribution in [1.82, 2.24) is 19.6 Å². The highest BCUT2D eigenvalue weighted by atomic mass is 35.5. The number of rotatable bonds is 9. The second-order valence-electron chi connectivity index (χ2n) is 8.63. The number of hydrogen-bond donors (Lipinski definition) is 2. The van der Waals surface area contributed by atoms with Gasteiger partial charge in [0.15, 0.2) is 0 Å². The average Bonchev–Trinajstić information content (AvgIpc) is 3.32. The minimum atomic E-state index is -3.51. The largest absolute Gasteiger partial charge is 0.492 e. The van der Waals surface area contributed by atoms with E-state index >= 15 is 0 Å². The molecule has 0 aliphatic heterocycles. The Morgan fingerprint density at radius 2 is 1.87 bits per heavy atom. The lowest BCUT2D eigenvalue weighted by molar-refractivity contribution is -0.137. The summed E-state index contributed by atoms with van der Waals surface area (Å²) in [6, 6.07) is 21.4. The zero-order valence-corrected chi connectivity index (χ0v) is 21.5. The Morgan fingerprint density at radius 3 is 2.69 bits per heavy atom. The van der Waals surface area contributed by atoms with Crippen molar-refractivity contribution in [1.29, 1.82) is 0 Å². The zero-order valence-electron chi connectivity index (χ0n) is 20.7. The molecule has 5 rings (SSSR count). The summed E-state index contributed by atoms with van der Waals surface area (Å²) in [5.41, 5.74) is 4.21. The van der Waals surface area contributed by atoms with Gasteiger partial charge in [-0.1, -0.05) is 24.3 Å². The highest BCUT2D eigenvalue weighted by Crippen LogP contribution is 2.35. The number of carbonyl (C=O) groups excluding carboxylic acids is 1. The van der Waals surface area contributed by atoms with E-state index in [1.807, 2.05) is 42.5 Å². The van der Waals surface area contributed by atoms with Crippen molar-refractivity contribution >= 4 is 40.3 Å². The van der Waals surface area contributed by atoms with Gasteiger partial charge in [0.25, 0.3) is 5.91 Å². The molecule has 0 atom stereocenters. The number of benzene rings is 2. The summed E-state index contributed by atoms with van der Waals surface area (Å²) in [6.07, 6.45) is 3.44. The van der Waals surface area contributed by atoms with Crippen molar-refractivity contribution in [2.75, 3.05) is 23.1 Å². The topological polar surface area (TPSA) is 93.4 Å². The molecule has 11 heteroatoms. The van der Waals surface area contributed by atoms with Crippen LogP contribution in [0.2, 0.25) is 0 Å². The quantitative estimate of drug-likeness (QED) is 0.207. The van der Waals surface area contributed by atoms with Crippen LogP contribution in [0.15, 0.2) is 85.2 Å². The van der Waals surface area contributed by atoms with Gasteiger partial charge in [-0.3, -0.25) is 4.79 Å². The number of pyridine rings is 1. The predicted molar refractivity (Wildman–Crippen MR) is 147 cm³/mol. The molecule has 0 bridgehead atoms. The van der Waals surface area contributed by atoms with E-state index in [0.29, 0.717) is 53.6 Å². The second-order valence-corrected chi connectivity index (χ2v) is 9.01. The molecule has 0 radical (unpaired) electrons. The number of fused-ring (bicyclic) bond motifs is 1. The minimum absolute atomic E-state index is 0.225. The molecule has 2 aromatic carbocycles. The van der Waals surface area contributed by atoms with Crippen molar-refractivity contribution in [3.8, 4) is 28.3 Å². The maximum atomic E-state index is 13.5. The molecule has 0 unspecified atom stereocenters. The first kappa shape index (κ1) is 26.1. The number of nitrogens with zero attached hydrogens (tertiary/aromatic N) is 4. The summed E-state index contributed by atoms with van der Waals surface area (Å²) in [5.74, 6) is -3.50. The Bertz CT molecular complexity index is 1640. The molecule has 8 nitrogen and oxygen atoms in total. The Morgan fingerprint density at radius 1 is 1.05 bits per heavy atom. The fourth-order valence-electron chi connectivity index (χ4n) is 3.95. The molecule has 0 saturated carbocycles. The molecule has 0 aliphatic rings. The number of ether oxygens (including phenoxy) is 1. The summed E-state index contributed by atoms with van der Waals surface area (Å²) >= 11 is 5.72.